The highest BCUT2D eigenvalue weighted by molar-refractivity contribution is 6.45. The minimum absolute atomic E-state index is 0.0672. The van der Waals surface area contributed by atoms with Gasteiger partial charge in [0.25, 0.3) is 5.91 Å². The normalized spacial score (nSPS) is 22.6. The molecule has 6 nitrogen and oxygen atoms in total. The van der Waals surface area contributed by atoms with E-state index in [0.29, 0.717) is 13.3 Å². The lowest BCUT2D eigenvalue weighted by molar-refractivity contribution is -0.138. The quantitative estimate of drug-likeness (QED) is 0.485. The molecule has 1 heterocycles. The van der Waals surface area contributed by atoms with Crippen LogP contribution < -0.4 is 0 Å². The Morgan fingerprint density at radius 2 is 1.95 bits per heavy atom. The van der Waals surface area contributed by atoms with Crippen LogP contribution in [0.15, 0.2) is 0 Å². The van der Waals surface area contributed by atoms with Gasteiger partial charge in [-0.25, -0.2) is 0 Å². The summed E-state index contributed by atoms with van der Waals surface area (Å²) in [6, 6.07) is 0. The SMILES string of the molecule is CCCCB1OC(COCN(C)C)C(C(=O)N(C)C)O1. The third-order valence-corrected chi connectivity index (χ3v) is 3.07. The van der Waals surface area contributed by atoms with Crippen LogP contribution in [-0.4, -0.2) is 76.6 Å². The fraction of sp³-hybridized carbons (Fsp3) is 0.923. The Labute approximate surface area is 122 Å². The number of unbranched alkanes of at least 4 members (excludes halogenated alkanes) is 1. The first-order chi connectivity index (χ1) is 9.45. The van der Waals surface area contributed by atoms with Crippen LogP contribution in [0, 0.1) is 0 Å². The van der Waals surface area contributed by atoms with Crippen molar-refractivity contribution < 1.29 is 18.8 Å². The number of carbonyl (C=O) groups excluding carboxylic acids is 1. The molecule has 1 aliphatic rings. The maximum Gasteiger partial charge on any atom is 0.457 e. The Morgan fingerprint density at radius 3 is 2.50 bits per heavy atom. The molecule has 0 saturated carbocycles. The highest BCUT2D eigenvalue weighted by Gasteiger charge is 2.43. The predicted molar refractivity (Wildman–Crippen MR) is 78.4 cm³/mol. The van der Waals surface area contributed by atoms with Crippen molar-refractivity contribution in [3.63, 3.8) is 0 Å². The third-order valence-electron chi connectivity index (χ3n) is 3.07. The molecule has 1 aliphatic heterocycles. The summed E-state index contributed by atoms with van der Waals surface area (Å²) in [4.78, 5) is 15.6. The van der Waals surface area contributed by atoms with Crippen molar-refractivity contribution in [2.24, 2.45) is 0 Å². The van der Waals surface area contributed by atoms with Crippen LogP contribution in [0.25, 0.3) is 0 Å². The molecule has 0 aromatic heterocycles. The van der Waals surface area contributed by atoms with Gasteiger partial charge in [0.05, 0.1) is 19.4 Å². The molecule has 1 fully saturated rings. The second kappa shape index (κ2) is 8.62. The summed E-state index contributed by atoms with van der Waals surface area (Å²) in [6.45, 7) is 2.99. The van der Waals surface area contributed by atoms with Crippen molar-refractivity contribution in [3.05, 3.63) is 0 Å². The summed E-state index contributed by atoms with van der Waals surface area (Å²) in [5, 5.41) is 0. The smallest absolute Gasteiger partial charge is 0.403 e. The molecule has 1 saturated heterocycles. The van der Waals surface area contributed by atoms with Gasteiger partial charge in [-0.2, -0.15) is 0 Å². The van der Waals surface area contributed by atoms with E-state index in [0.717, 1.165) is 19.2 Å². The molecule has 1 rings (SSSR count). The van der Waals surface area contributed by atoms with Crippen LogP contribution in [0.4, 0.5) is 0 Å². The molecule has 116 valence electrons. The van der Waals surface area contributed by atoms with E-state index in [1.807, 2.05) is 19.0 Å². The van der Waals surface area contributed by atoms with Gasteiger partial charge in [0.15, 0.2) is 0 Å². The van der Waals surface area contributed by atoms with Gasteiger partial charge in [0.1, 0.15) is 6.10 Å². The van der Waals surface area contributed by atoms with Crippen LogP contribution >= 0.6 is 0 Å². The summed E-state index contributed by atoms with van der Waals surface area (Å²) >= 11 is 0. The average molecular weight is 286 g/mol. The van der Waals surface area contributed by atoms with E-state index in [1.165, 1.54) is 4.90 Å². The zero-order valence-electron chi connectivity index (χ0n) is 13.3. The molecule has 2 atom stereocenters. The molecular formula is C13H27BN2O4. The van der Waals surface area contributed by atoms with Gasteiger partial charge in [-0.05, 0) is 20.4 Å². The largest absolute Gasteiger partial charge is 0.457 e. The highest BCUT2D eigenvalue weighted by Crippen LogP contribution is 2.22. The second-order valence-corrected chi connectivity index (χ2v) is 5.62. The number of hydrogen-bond acceptors (Lipinski definition) is 5. The van der Waals surface area contributed by atoms with Crippen LogP contribution in [0.1, 0.15) is 19.8 Å². The number of ether oxygens (including phenoxy) is 1. The first-order valence-corrected chi connectivity index (χ1v) is 7.20. The molecule has 0 aromatic carbocycles. The van der Waals surface area contributed by atoms with Gasteiger partial charge < -0.3 is 18.9 Å². The molecule has 0 radical (unpaired) electrons. The number of nitrogens with zero attached hydrogens (tertiary/aromatic N) is 2. The van der Waals surface area contributed by atoms with E-state index in [1.54, 1.807) is 14.1 Å². The lowest BCUT2D eigenvalue weighted by Gasteiger charge is -2.21. The molecule has 0 bridgehead atoms. The van der Waals surface area contributed by atoms with Crippen molar-refractivity contribution in [1.82, 2.24) is 9.80 Å². The van der Waals surface area contributed by atoms with E-state index in [4.69, 9.17) is 14.0 Å². The maximum absolute atomic E-state index is 12.1. The summed E-state index contributed by atoms with van der Waals surface area (Å²) < 4.78 is 17.1. The summed E-state index contributed by atoms with van der Waals surface area (Å²) in [6.07, 6.45) is 2.04. The summed E-state index contributed by atoms with van der Waals surface area (Å²) in [7, 11) is 7.01. The van der Waals surface area contributed by atoms with Crippen LogP contribution in [-0.2, 0) is 18.8 Å². The van der Waals surface area contributed by atoms with Gasteiger partial charge in [-0.15, -0.1) is 0 Å². The third kappa shape index (κ3) is 5.40. The first kappa shape index (κ1) is 17.4. The number of hydrogen-bond donors (Lipinski definition) is 0. The maximum atomic E-state index is 12.1. The minimum atomic E-state index is -0.561. The zero-order valence-corrected chi connectivity index (χ0v) is 13.3. The standard InChI is InChI=1S/C13H27BN2O4/c1-6-7-8-14-19-11(9-18-10-15(2)3)12(20-14)13(17)16(4)5/h11-12H,6-10H2,1-5H3. The van der Waals surface area contributed by atoms with E-state index in [2.05, 4.69) is 6.92 Å². The lowest BCUT2D eigenvalue weighted by atomic mass is 9.83. The number of amides is 1. The summed E-state index contributed by atoms with van der Waals surface area (Å²) in [5.74, 6) is -0.0672. The topological polar surface area (TPSA) is 51.2 Å². The zero-order chi connectivity index (χ0) is 15.1. The molecule has 1 amide bonds. The minimum Gasteiger partial charge on any atom is -0.403 e. The van der Waals surface area contributed by atoms with Crippen molar-refractivity contribution in [2.45, 2.75) is 38.3 Å². The highest BCUT2D eigenvalue weighted by atomic mass is 16.7. The van der Waals surface area contributed by atoms with E-state index in [9.17, 15) is 4.79 Å². The molecular weight excluding hydrogens is 259 g/mol. The monoisotopic (exact) mass is 286 g/mol. The van der Waals surface area contributed by atoms with Crippen LogP contribution in [0.2, 0.25) is 6.32 Å². The Hall–Kier alpha value is -0.625. The van der Waals surface area contributed by atoms with Gasteiger partial charge in [-0.1, -0.05) is 19.8 Å². The van der Waals surface area contributed by atoms with E-state index < -0.39 is 6.10 Å². The van der Waals surface area contributed by atoms with Crippen LogP contribution in [0.3, 0.4) is 0 Å². The van der Waals surface area contributed by atoms with E-state index in [-0.39, 0.29) is 19.1 Å². The van der Waals surface area contributed by atoms with Gasteiger partial charge >= 0.3 is 7.12 Å². The molecule has 0 aliphatic carbocycles. The van der Waals surface area contributed by atoms with Crippen molar-refractivity contribution >= 4 is 13.0 Å². The molecule has 20 heavy (non-hydrogen) atoms. The second-order valence-electron chi connectivity index (χ2n) is 5.62. The van der Waals surface area contributed by atoms with Crippen molar-refractivity contribution in [3.8, 4) is 0 Å². The average Bonchev–Trinajstić information content (AvgIpc) is 2.78. The van der Waals surface area contributed by atoms with Crippen LogP contribution in [0.5, 0.6) is 0 Å². The Bertz CT molecular complexity index is 302. The molecule has 2 unspecified atom stereocenters. The Kier molecular flexibility index (Phi) is 7.51. The number of likely N-dealkylation sites (N-methyl/N-ethyl adjacent to an activating group) is 1. The Morgan fingerprint density at radius 1 is 1.25 bits per heavy atom. The van der Waals surface area contributed by atoms with Gasteiger partial charge in [0, 0.05) is 14.1 Å². The van der Waals surface area contributed by atoms with Crippen molar-refractivity contribution in [1.29, 1.82) is 0 Å². The van der Waals surface area contributed by atoms with Gasteiger partial charge in [0.2, 0.25) is 0 Å². The van der Waals surface area contributed by atoms with E-state index >= 15 is 0 Å². The lowest BCUT2D eigenvalue weighted by Crippen LogP contribution is -2.42. The van der Waals surface area contributed by atoms with Gasteiger partial charge in [-0.3, -0.25) is 9.69 Å². The fourth-order valence-electron chi connectivity index (χ4n) is 2.01. The molecule has 0 spiro atoms. The first-order valence-electron chi connectivity index (χ1n) is 7.20. The fourth-order valence-corrected chi connectivity index (χ4v) is 2.01. The summed E-state index contributed by atoms with van der Waals surface area (Å²) in [5.41, 5.74) is 0. The molecule has 0 N–H and O–H groups in total. The number of carbonyl (C=O) groups is 1. The Balaban J connectivity index is 2.54. The molecule has 7 heteroatoms. The van der Waals surface area contributed by atoms with Crippen molar-refractivity contribution in [2.75, 3.05) is 41.5 Å². The number of rotatable bonds is 8. The molecule has 0 aromatic rings. The predicted octanol–water partition coefficient (Wildman–Crippen LogP) is 0.683.